The van der Waals surface area contributed by atoms with Crippen LogP contribution in [0.1, 0.15) is 55.9 Å². The standard InChI is InChI=1S/C23H30N6O5S/c1-14-12-25-17(13-24-14)15(2)16(3)35(30,31)28-23-27-26-22(20-10-7-11-34-20)29(23)21-18(32-4)8-6-9-19(21)33-5/h6,8-9,12-13,15-16,20H,7,10-11H2,1-5H3,(H,27,28)/t15-,16-,20?/m0/s1. The maximum absolute atomic E-state index is 13.5. The van der Waals surface area contributed by atoms with Crippen molar-refractivity contribution in [2.45, 2.75) is 50.9 Å². The molecule has 1 unspecified atom stereocenters. The molecule has 188 valence electrons. The third-order valence-electron chi connectivity index (χ3n) is 6.23. The van der Waals surface area contributed by atoms with Gasteiger partial charge < -0.3 is 14.2 Å². The van der Waals surface area contributed by atoms with Crippen LogP contribution in [0.5, 0.6) is 11.5 Å². The van der Waals surface area contributed by atoms with Crippen LogP contribution < -0.4 is 14.2 Å². The Morgan fingerprint density at radius 2 is 1.83 bits per heavy atom. The van der Waals surface area contributed by atoms with E-state index in [2.05, 4.69) is 24.9 Å². The second-order valence-corrected chi connectivity index (χ2v) is 10.5. The van der Waals surface area contributed by atoms with Gasteiger partial charge in [0.15, 0.2) is 5.82 Å². The molecule has 11 nitrogen and oxygen atoms in total. The van der Waals surface area contributed by atoms with Crippen molar-refractivity contribution in [3.05, 3.63) is 47.8 Å². The number of nitrogens with one attached hydrogen (secondary N) is 1. The number of nitrogens with zero attached hydrogens (tertiary/aromatic N) is 5. The van der Waals surface area contributed by atoms with Gasteiger partial charge in [0.05, 0.1) is 30.9 Å². The number of hydrogen-bond acceptors (Lipinski definition) is 9. The molecular formula is C23H30N6O5S. The topological polar surface area (TPSA) is 130 Å². The molecule has 1 saturated heterocycles. The lowest BCUT2D eigenvalue weighted by Crippen LogP contribution is -2.31. The zero-order valence-corrected chi connectivity index (χ0v) is 21.2. The van der Waals surface area contributed by atoms with E-state index in [1.54, 1.807) is 49.0 Å². The predicted octanol–water partition coefficient (Wildman–Crippen LogP) is 3.17. The number of aryl methyl sites for hydroxylation is 1. The van der Waals surface area contributed by atoms with Crippen molar-refractivity contribution in [3.63, 3.8) is 0 Å². The number of rotatable bonds is 9. The summed E-state index contributed by atoms with van der Waals surface area (Å²) in [6, 6.07) is 5.31. The minimum atomic E-state index is -3.91. The molecule has 2 aromatic heterocycles. The molecule has 3 heterocycles. The summed E-state index contributed by atoms with van der Waals surface area (Å²) in [5.41, 5.74) is 1.83. The molecule has 1 aliphatic rings. The smallest absolute Gasteiger partial charge is 0.243 e. The van der Waals surface area contributed by atoms with E-state index < -0.39 is 21.2 Å². The number of aromatic nitrogens is 5. The van der Waals surface area contributed by atoms with Crippen LogP contribution in [0.2, 0.25) is 0 Å². The molecule has 35 heavy (non-hydrogen) atoms. The molecule has 3 atom stereocenters. The van der Waals surface area contributed by atoms with Crippen LogP contribution >= 0.6 is 0 Å². The van der Waals surface area contributed by atoms with Gasteiger partial charge in [-0.1, -0.05) is 13.0 Å². The average Bonchev–Trinajstić information content (AvgIpc) is 3.52. The van der Waals surface area contributed by atoms with Gasteiger partial charge in [-0.3, -0.25) is 19.3 Å². The minimum Gasteiger partial charge on any atom is -0.494 e. The summed E-state index contributed by atoms with van der Waals surface area (Å²) in [5, 5.41) is 7.67. The average molecular weight is 503 g/mol. The summed E-state index contributed by atoms with van der Waals surface area (Å²) in [6.07, 6.45) is 4.49. The van der Waals surface area contributed by atoms with Crippen LogP contribution in [0.3, 0.4) is 0 Å². The summed E-state index contributed by atoms with van der Waals surface area (Å²) in [6.45, 7) is 5.84. The first kappa shape index (κ1) is 24.9. The molecule has 0 aliphatic carbocycles. The number of anilines is 1. The summed E-state index contributed by atoms with van der Waals surface area (Å²) < 4.78 is 48.2. The SMILES string of the molecule is COc1cccc(OC)c1-n1c(NS(=O)(=O)[C@@H](C)[C@H](C)c2cnc(C)cn2)nnc1C1CCCO1. The summed E-state index contributed by atoms with van der Waals surface area (Å²) in [7, 11) is -0.850. The Bertz CT molecular complexity index is 1250. The minimum absolute atomic E-state index is 0.0207. The Labute approximate surface area is 204 Å². The predicted molar refractivity (Wildman–Crippen MR) is 130 cm³/mol. The number of hydrogen-bond donors (Lipinski definition) is 1. The van der Waals surface area contributed by atoms with E-state index in [9.17, 15) is 8.42 Å². The number of benzene rings is 1. The summed E-state index contributed by atoms with van der Waals surface area (Å²) in [5.74, 6) is 1.01. The molecule has 1 aliphatic heterocycles. The van der Waals surface area contributed by atoms with E-state index in [4.69, 9.17) is 14.2 Å². The van der Waals surface area contributed by atoms with Crippen molar-refractivity contribution in [2.24, 2.45) is 0 Å². The van der Waals surface area contributed by atoms with Crippen LogP contribution in [0.15, 0.2) is 30.6 Å². The lowest BCUT2D eigenvalue weighted by atomic mass is 10.1. The highest BCUT2D eigenvalue weighted by Crippen LogP contribution is 2.39. The molecule has 1 fully saturated rings. The van der Waals surface area contributed by atoms with Gasteiger partial charge in [-0.05, 0) is 38.8 Å². The fourth-order valence-electron chi connectivity index (χ4n) is 3.99. The molecule has 0 amide bonds. The molecule has 1 N–H and O–H groups in total. The summed E-state index contributed by atoms with van der Waals surface area (Å²) >= 11 is 0. The number of sulfonamides is 1. The zero-order chi connectivity index (χ0) is 25.2. The molecule has 0 bridgehead atoms. The van der Waals surface area contributed by atoms with Crippen LogP contribution in [0.25, 0.3) is 5.69 Å². The normalized spacial score (nSPS) is 17.7. The van der Waals surface area contributed by atoms with Gasteiger partial charge in [-0.25, -0.2) is 8.42 Å². The van der Waals surface area contributed by atoms with Crippen molar-refractivity contribution in [1.82, 2.24) is 24.7 Å². The highest BCUT2D eigenvalue weighted by molar-refractivity contribution is 7.93. The Morgan fingerprint density at radius 3 is 2.40 bits per heavy atom. The first-order chi connectivity index (χ1) is 16.8. The van der Waals surface area contributed by atoms with Gasteiger partial charge in [0, 0.05) is 24.9 Å². The van der Waals surface area contributed by atoms with Crippen molar-refractivity contribution in [3.8, 4) is 17.2 Å². The van der Waals surface area contributed by atoms with Gasteiger partial charge in [-0.2, -0.15) is 0 Å². The van der Waals surface area contributed by atoms with Crippen LogP contribution in [-0.2, 0) is 14.8 Å². The van der Waals surface area contributed by atoms with Crippen LogP contribution in [-0.4, -0.2) is 59.2 Å². The molecule has 12 heteroatoms. The Kier molecular flexibility index (Phi) is 7.22. The van der Waals surface area contributed by atoms with Crippen molar-refractivity contribution >= 4 is 16.0 Å². The van der Waals surface area contributed by atoms with Crippen molar-refractivity contribution in [1.29, 1.82) is 0 Å². The molecule has 0 radical (unpaired) electrons. The second kappa shape index (κ2) is 10.2. The molecule has 4 rings (SSSR count). The van der Waals surface area contributed by atoms with E-state index in [0.29, 0.717) is 35.3 Å². The van der Waals surface area contributed by atoms with Gasteiger partial charge in [0.25, 0.3) is 0 Å². The highest BCUT2D eigenvalue weighted by Gasteiger charge is 2.34. The van der Waals surface area contributed by atoms with Crippen molar-refractivity contribution in [2.75, 3.05) is 25.5 Å². The lowest BCUT2D eigenvalue weighted by Gasteiger charge is -2.22. The van der Waals surface area contributed by atoms with Gasteiger partial charge in [0.1, 0.15) is 23.3 Å². The van der Waals surface area contributed by atoms with E-state index in [1.165, 1.54) is 14.2 Å². The van der Waals surface area contributed by atoms with Gasteiger partial charge >= 0.3 is 0 Å². The molecule has 0 saturated carbocycles. The zero-order valence-electron chi connectivity index (χ0n) is 20.4. The molecule has 1 aromatic carbocycles. The van der Waals surface area contributed by atoms with Crippen LogP contribution in [0, 0.1) is 6.92 Å². The Morgan fingerprint density at radius 1 is 1.11 bits per heavy atom. The van der Waals surface area contributed by atoms with E-state index in [0.717, 1.165) is 18.5 Å². The monoisotopic (exact) mass is 502 g/mol. The maximum atomic E-state index is 13.5. The Balaban J connectivity index is 1.76. The first-order valence-electron chi connectivity index (χ1n) is 11.3. The first-order valence-corrected chi connectivity index (χ1v) is 12.9. The van der Waals surface area contributed by atoms with Gasteiger partial charge in [0.2, 0.25) is 16.0 Å². The molecule has 0 spiro atoms. The van der Waals surface area contributed by atoms with E-state index in [1.807, 2.05) is 6.92 Å². The highest BCUT2D eigenvalue weighted by atomic mass is 32.2. The second-order valence-electron chi connectivity index (χ2n) is 8.45. The van der Waals surface area contributed by atoms with Gasteiger partial charge in [-0.15, -0.1) is 10.2 Å². The maximum Gasteiger partial charge on any atom is 0.243 e. The van der Waals surface area contributed by atoms with Crippen LogP contribution in [0.4, 0.5) is 5.95 Å². The molecule has 3 aromatic rings. The fourth-order valence-corrected chi connectivity index (χ4v) is 5.24. The molecular weight excluding hydrogens is 472 g/mol. The fraction of sp³-hybridized carbons (Fsp3) is 0.478. The quantitative estimate of drug-likeness (QED) is 0.469. The summed E-state index contributed by atoms with van der Waals surface area (Å²) in [4.78, 5) is 8.59. The lowest BCUT2D eigenvalue weighted by molar-refractivity contribution is 0.103. The third kappa shape index (κ3) is 4.94. The van der Waals surface area contributed by atoms with E-state index in [-0.39, 0.29) is 12.1 Å². The van der Waals surface area contributed by atoms with Crippen molar-refractivity contribution < 1.29 is 22.6 Å². The van der Waals surface area contributed by atoms with E-state index >= 15 is 0 Å². The number of methoxy groups -OCH3 is 2. The largest absolute Gasteiger partial charge is 0.494 e. The number of para-hydroxylation sites is 1. The Hall–Kier alpha value is -3.25. The third-order valence-corrected chi connectivity index (χ3v) is 8.08. The number of ether oxygens (including phenoxy) is 3.